The molecule has 232 valence electrons. The van der Waals surface area contributed by atoms with Gasteiger partial charge in [-0.1, -0.05) is 30.7 Å². The molecule has 2 N–H and O–H groups in total. The molecular weight excluding hydrogens is 584 g/mol. The third-order valence-corrected chi connectivity index (χ3v) is 7.49. The van der Waals surface area contributed by atoms with Crippen LogP contribution in [0.4, 0.5) is 26.3 Å². The van der Waals surface area contributed by atoms with E-state index >= 15 is 0 Å². The second kappa shape index (κ2) is 15.1. The molecule has 3 aliphatic rings. The van der Waals surface area contributed by atoms with E-state index < -0.39 is 24.3 Å². The zero-order chi connectivity index (χ0) is 31.0. The maximum Gasteiger partial charge on any atom is 0.490 e. The first-order valence-electron chi connectivity index (χ1n) is 13.1. The molecule has 0 bridgehead atoms. The molecule has 1 amide bonds. The molecule has 8 nitrogen and oxygen atoms in total. The smallest absolute Gasteiger partial charge is 0.475 e. The van der Waals surface area contributed by atoms with Crippen molar-refractivity contribution in [1.29, 1.82) is 0 Å². The minimum atomic E-state index is -5.08. The summed E-state index contributed by atoms with van der Waals surface area (Å²) in [4.78, 5) is 37.9. The lowest BCUT2D eigenvalue weighted by Gasteiger charge is -2.37. The van der Waals surface area contributed by atoms with Crippen molar-refractivity contribution in [2.45, 2.75) is 51.0 Å². The number of carboxylic acids is 2. The van der Waals surface area contributed by atoms with Crippen LogP contribution in [0.1, 0.15) is 31.7 Å². The van der Waals surface area contributed by atoms with E-state index in [1.54, 1.807) is 0 Å². The number of hydrogen-bond donors (Lipinski definition) is 2. The Morgan fingerprint density at radius 2 is 1.29 bits per heavy atom. The molecule has 15 heteroatoms. The molecule has 0 aliphatic carbocycles. The molecule has 0 spiro atoms. The fourth-order valence-electron chi connectivity index (χ4n) is 5.24. The van der Waals surface area contributed by atoms with Crippen molar-refractivity contribution in [2.24, 2.45) is 11.8 Å². The van der Waals surface area contributed by atoms with Crippen molar-refractivity contribution in [3.63, 3.8) is 0 Å². The highest BCUT2D eigenvalue weighted by Gasteiger charge is 2.43. The van der Waals surface area contributed by atoms with Gasteiger partial charge in [0.1, 0.15) is 0 Å². The first-order valence-corrected chi connectivity index (χ1v) is 13.5. The van der Waals surface area contributed by atoms with Crippen molar-refractivity contribution in [1.82, 2.24) is 14.7 Å². The molecule has 4 rings (SSSR count). The van der Waals surface area contributed by atoms with E-state index in [4.69, 9.17) is 31.4 Å². The average molecular weight is 618 g/mol. The maximum atomic E-state index is 12.7. The van der Waals surface area contributed by atoms with Gasteiger partial charge in [0.15, 0.2) is 0 Å². The molecule has 41 heavy (non-hydrogen) atoms. The summed E-state index contributed by atoms with van der Waals surface area (Å²) in [5.74, 6) is -3.90. The molecule has 3 aliphatic heterocycles. The number of carbonyl (C=O) groups is 3. The Balaban J connectivity index is 0.000000349. The zero-order valence-corrected chi connectivity index (χ0v) is 23.2. The Hall–Kier alpha value is -2.58. The predicted octanol–water partition coefficient (Wildman–Crippen LogP) is 4.41. The van der Waals surface area contributed by atoms with Crippen LogP contribution in [0.15, 0.2) is 24.3 Å². The number of piperidine rings is 1. The molecule has 3 fully saturated rings. The molecule has 2 atom stereocenters. The molecule has 1 aromatic rings. The van der Waals surface area contributed by atoms with E-state index in [1.807, 2.05) is 24.3 Å². The summed E-state index contributed by atoms with van der Waals surface area (Å²) < 4.78 is 63.5. The minimum Gasteiger partial charge on any atom is -0.475 e. The van der Waals surface area contributed by atoms with Gasteiger partial charge in [0.2, 0.25) is 5.91 Å². The maximum absolute atomic E-state index is 12.7. The van der Waals surface area contributed by atoms with Crippen LogP contribution >= 0.6 is 11.6 Å². The van der Waals surface area contributed by atoms with Crippen molar-refractivity contribution in [3.8, 4) is 0 Å². The van der Waals surface area contributed by atoms with Crippen molar-refractivity contribution >= 4 is 29.4 Å². The SMILES string of the molecule is CCCN1CCC(N2CC3CN(C(=O)Cc4ccc(Cl)cc4)CC3C2)CC1.O=C(O)C(F)(F)F.O=C(O)C(F)(F)F. The second-order valence-electron chi connectivity index (χ2n) is 10.3. The number of hydrogen-bond acceptors (Lipinski definition) is 5. The molecule has 0 radical (unpaired) electrons. The van der Waals surface area contributed by atoms with Gasteiger partial charge in [0.05, 0.1) is 6.42 Å². The first-order chi connectivity index (χ1) is 19.0. The molecule has 3 heterocycles. The van der Waals surface area contributed by atoms with Crippen LogP contribution < -0.4 is 0 Å². The third-order valence-electron chi connectivity index (χ3n) is 7.23. The zero-order valence-electron chi connectivity index (χ0n) is 22.4. The number of carboxylic acid groups (broad SMARTS) is 2. The second-order valence-corrected chi connectivity index (χ2v) is 10.7. The Bertz CT molecular complexity index is 978. The van der Waals surface area contributed by atoms with Crippen molar-refractivity contribution in [3.05, 3.63) is 34.9 Å². The van der Waals surface area contributed by atoms with Gasteiger partial charge in [-0.2, -0.15) is 26.3 Å². The Kier molecular flexibility index (Phi) is 12.7. The Labute approximate surface area is 238 Å². The Morgan fingerprint density at radius 1 is 0.854 bits per heavy atom. The summed E-state index contributed by atoms with van der Waals surface area (Å²) in [6, 6.07) is 8.43. The van der Waals surface area contributed by atoms with Gasteiger partial charge >= 0.3 is 24.3 Å². The highest BCUT2D eigenvalue weighted by atomic mass is 35.5. The largest absolute Gasteiger partial charge is 0.490 e. The van der Waals surface area contributed by atoms with Gasteiger partial charge in [-0.3, -0.25) is 9.69 Å². The van der Waals surface area contributed by atoms with E-state index in [1.165, 1.54) is 52.0 Å². The van der Waals surface area contributed by atoms with Gasteiger partial charge < -0.3 is 20.0 Å². The van der Waals surface area contributed by atoms with Crippen LogP contribution in [0.5, 0.6) is 0 Å². The summed E-state index contributed by atoms with van der Waals surface area (Å²) in [5, 5.41) is 15.0. The van der Waals surface area contributed by atoms with E-state index in [0.717, 1.165) is 29.7 Å². The fraction of sp³-hybridized carbons (Fsp3) is 0.654. The number of amides is 1. The normalized spacial score (nSPS) is 21.8. The lowest BCUT2D eigenvalue weighted by molar-refractivity contribution is -0.193. The lowest BCUT2D eigenvalue weighted by Crippen LogP contribution is -2.45. The summed E-state index contributed by atoms with van der Waals surface area (Å²) in [6.45, 7) is 10.3. The van der Waals surface area contributed by atoms with Gasteiger partial charge in [0, 0.05) is 37.2 Å². The third kappa shape index (κ3) is 11.3. The van der Waals surface area contributed by atoms with Gasteiger partial charge in [-0.25, -0.2) is 9.59 Å². The van der Waals surface area contributed by atoms with Gasteiger partial charge in [0.25, 0.3) is 0 Å². The number of benzene rings is 1. The van der Waals surface area contributed by atoms with E-state index in [0.29, 0.717) is 18.3 Å². The molecular formula is C26H34ClF6N3O5. The number of alkyl halides is 6. The fourth-order valence-corrected chi connectivity index (χ4v) is 5.37. The number of fused-ring (bicyclic) bond motifs is 1. The summed E-state index contributed by atoms with van der Waals surface area (Å²) in [6.07, 6.45) is -5.77. The summed E-state index contributed by atoms with van der Waals surface area (Å²) >= 11 is 5.94. The van der Waals surface area contributed by atoms with Crippen LogP contribution in [-0.4, -0.2) is 107 Å². The Morgan fingerprint density at radius 3 is 1.68 bits per heavy atom. The number of rotatable bonds is 5. The number of nitrogens with zero attached hydrogens (tertiary/aromatic N) is 3. The number of aliphatic carboxylic acids is 2. The van der Waals surface area contributed by atoms with Crippen molar-refractivity contribution < 1.29 is 50.9 Å². The van der Waals surface area contributed by atoms with E-state index in [-0.39, 0.29) is 5.91 Å². The van der Waals surface area contributed by atoms with Crippen LogP contribution in [0.3, 0.4) is 0 Å². The highest BCUT2D eigenvalue weighted by molar-refractivity contribution is 6.30. The number of halogens is 7. The van der Waals surface area contributed by atoms with Crippen LogP contribution in [0, 0.1) is 11.8 Å². The van der Waals surface area contributed by atoms with Crippen LogP contribution in [0.25, 0.3) is 0 Å². The molecule has 2 unspecified atom stereocenters. The number of carbonyl (C=O) groups excluding carboxylic acids is 1. The lowest BCUT2D eigenvalue weighted by atomic mass is 10.0. The van der Waals surface area contributed by atoms with Gasteiger partial charge in [-0.15, -0.1) is 0 Å². The highest BCUT2D eigenvalue weighted by Crippen LogP contribution is 2.34. The molecule has 1 aromatic carbocycles. The van der Waals surface area contributed by atoms with Crippen LogP contribution in [-0.2, 0) is 20.8 Å². The predicted molar refractivity (Wildman–Crippen MR) is 137 cm³/mol. The average Bonchev–Trinajstić information content (AvgIpc) is 3.46. The molecule has 0 aromatic heterocycles. The topological polar surface area (TPSA) is 101 Å². The quantitative estimate of drug-likeness (QED) is 0.472. The first kappa shape index (κ1) is 34.6. The standard InChI is InChI=1S/C22H32ClN3O.2C2HF3O2/c1-2-9-24-10-7-21(8-11-24)25-13-18-15-26(16-19(18)14-25)22(27)12-17-3-5-20(23)6-4-17;2*3-2(4,5)1(6)7/h3-6,18-19,21H,2,7-16H2,1H3;2*(H,6,7). The summed E-state index contributed by atoms with van der Waals surface area (Å²) in [5.41, 5.74) is 1.06. The number of likely N-dealkylation sites (tertiary alicyclic amines) is 3. The van der Waals surface area contributed by atoms with Crippen LogP contribution in [0.2, 0.25) is 5.02 Å². The van der Waals surface area contributed by atoms with E-state index in [2.05, 4.69) is 21.6 Å². The van der Waals surface area contributed by atoms with Gasteiger partial charge in [-0.05, 0) is 68.4 Å². The summed E-state index contributed by atoms with van der Waals surface area (Å²) in [7, 11) is 0. The molecule has 0 saturated carbocycles. The monoisotopic (exact) mass is 617 g/mol. The molecule has 3 saturated heterocycles. The minimum absolute atomic E-state index is 0.270. The van der Waals surface area contributed by atoms with E-state index in [9.17, 15) is 31.1 Å². The van der Waals surface area contributed by atoms with Crippen molar-refractivity contribution in [2.75, 3.05) is 45.8 Å².